The zero-order valence-electron chi connectivity index (χ0n) is 41.5. The summed E-state index contributed by atoms with van der Waals surface area (Å²) in [6, 6.07) is 6.02. The van der Waals surface area contributed by atoms with E-state index in [1.807, 2.05) is 39.0 Å². The lowest BCUT2D eigenvalue weighted by Crippen LogP contribution is -2.18. The molecule has 0 amide bonds. The zero-order valence-corrected chi connectivity index (χ0v) is 41.5. The molecule has 3 aliphatic rings. The fourth-order valence-electron chi connectivity index (χ4n) is 10.7. The second-order valence-corrected chi connectivity index (χ2v) is 20.4. The first kappa shape index (κ1) is 49.6. The molecule has 10 nitrogen and oxygen atoms in total. The number of ether oxygens (including phenoxy) is 2. The maximum Gasteiger partial charge on any atom is 0.321 e. The molecule has 354 valence electrons. The summed E-state index contributed by atoms with van der Waals surface area (Å²) in [4.78, 5) is 44.7. The molecule has 8 bridgehead atoms. The van der Waals surface area contributed by atoms with Crippen molar-refractivity contribution < 1.29 is 29.3 Å². The van der Waals surface area contributed by atoms with E-state index in [0.29, 0.717) is 46.2 Å². The van der Waals surface area contributed by atoms with Crippen molar-refractivity contribution in [3.63, 3.8) is 0 Å². The van der Waals surface area contributed by atoms with Crippen LogP contribution in [0.4, 0.5) is 0 Å². The van der Waals surface area contributed by atoms with Crippen LogP contribution in [0.15, 0.2) is 24.3 Å². The quantitative estimate of drug-likeness (QED) is 0.0869. The zero-order chi connectivity index (χ0) is 47.3. The molecule has 1 unspecified atom stereocenters. The van der Waals surface area contributed by atoms with Crippen LogP contribution in [0.2, 0.25) is 0 Å². The lowest BCUT2D eigenvalue weighted by atomic mass is 9.84. The van der Waals surface area contributed by atoms with Crippen molar-refractivity contribution in [3.8, 4) is 0 Å². The van der Waals surface area contributed by atoms with E-state index in [-0.39, 0.29) is 41.7 Å². The molecule has 2 aliphatic heterocycles. The van der Waals surface area contributed by atoms with E-state index in [9.17, 15) is 19.8 Å². The third-order valence-electron chi connectivity index (χ3n) is 14.9. The Bertz CT molecular complexity index is 2540. The molecule has 10 heteroatoms. The third-order valence-corrected chi connectivity index (χ3v) is 14.9. The van der Waals surface area contributed by atoms with Crippen LogP contribution in [0.5, 0.6) is 0 Å². The molecule has 1 aliphatic carbocycles. The Kier molecular flexibility index (Phi) is 16.5. The second-order valence-electron chi connectivity index (χ2n) is 20.4. The first-order chi connectivity index (χ1) is 30.9. The van der Waals surface area contributed by atoms with Crippen molar-refractivity contribution in [1.82, 2.24) is 19.9 Å². The number of hydrogen-bond donors (Lipinski definition) is 4. The number of methoxy groups -OCH3 is 1. The number of fused-ring (bicyclic) bond motifs is 8. The van der Waals surface area contributed by atoms with E-state index in [2.05, 4.69) is 64.5 Å². The summed E-state index contributed by atoms with van der Waals surface area (Å²) in [5.74, 6) is 0.549. The van der Waals surface area contributed by atoms with Gasteiger partial charge in [0.05, 0.1) is 47.6 Å². The van der Waals surface area contributed by atoms with Crippen LogP contribution in [0.25, 0.3) is 39.2 Å². The minimum Gasteiger partial charge on any atom is -0.512 e. The molecule has 0 saturated heterocycles. The van der Waals surface area contributed by atoms with E-state index in [1.54, 1.807) is 6.92 Å². The van der Waals surface area contributed by atoms with Gasteiger partial charge >= 0.3 is 11.9 Å². The van der Waals surface area contributed by atoms with Gasteiger partial charge in [-0.1, -0.05) is 112 Å². The van der Waals surface area contributed by atoms with Gasteiger partial charge in [-0.15, -0.1) is 0 Å². The van der Waals surface area contributed by atoms with Crippen molar-refractivity contribution in [2.24, 2.45) is 23.7 Å². The maximum absolute atomic E-state index is 13.7. The summed E-state index contributed by atoms with van der Waals surface area (Å²) in [5.41, 5.74) is 9.22. The fourth-order valence-corrected chi connectivity index (χ4v) is 10.7. The molecule has 6 rings (SSSR count). The summed E-state index contributed by atoms with van der Waals surface area (Å²) < 4.78 is 11.2. The number of carbonyl (C=O) groups excluding carboxylic acids is 2. The van der Waals surface area contributed by atoms with Crippen molar-refractivity contribution in [3.05, 3.63) is 74.2 Å². The van der Waals surface area contributed by atoms with E-state index >= 15 is 0 Å². The summed E-state index contributed by atoms with van der Waals surface area (Å²) in [6.07, 6.45) is 15.1. The number of allylic oxidation sites excluding steroid dienone is 2. The third kappa shape index (κ3) is 11.1. The molecule has 0 aromatic carbocycles. The molecule has 65 heavy (non-hydrogen) atoms. The first-order valence-corrected chi connectivity index (χ1v) is 24.7. The Morgan fingerprint density at radius 1 is 0.815 bits per heavy atom. The molecule has 0 saturated carbocycles. The molecule has 7 atom stereocenters. The number of aromatic amines is 2. The van der Waals surface area contributed by atoms with Gasteiger partial charge in [0.2, 0.25) is 0 Å². The van der Waals surface area contributed by atoms with Gasteiger partial charge in [0.25, 0.3) is 0 Å². The van der Waals surface area contributed by atoms with Gasteiger partial charge in [0, 0.05) is 56.9 Å². The summed E-state index contributed by atoms with van der Waals surface area (Å²) in [6.45, 7) is 23.9. The average molecular weight is 891 g/mol. The number of aliphatic hydroxyl groups excluding tert-OH is 2. The van der Waals surface area contributed by atoms with Gasteiger partial charge in [-0.3, -0.25) is 19.6 Å². The highest BCUT2D eigenvalue weighted by Gasteiger charge is 2.41. The normalized spacial score (nSPS) is 20.6. The molecule has 0 radical (unpaired) electrons. The Morgan fingerprint density at radius 3 is 2.02 bits per heavy atom. The number of aliphatic hydroxyl groups is 2. The number of esters is 2. The van der Waals surface area contributed by atoms with Crippen molar-refractivity contribution in [2.45, 2.75) is 177 Å². The Morgan fingerprint density at radius 2 is 1.42 bits per heavy atom. The standard InChI is InChI=1S/C55H78N4O6/c1-13-39-34(7)41-29-46-48(38(11)60)36(9)43(57-46)27-42-35(8)40(52(58-42)50-51(55(63)64-12)54(62)49-37(10)44(59-53(49)50)28-45(39)56-41)23-24-47(61)65-26-25-33(6)22-16-21-32(5)20-15-19-31(4)18-14-17-30(2)3/h13,27-35,40,51,57,59-60,62H,14-26H2,1-12H3/b39-13+,42-27?,45-28?,46-29?,48-38-/t31-,32-,33?,34-,35+,40+,51-/m1/s1. The maximum atomic E-state index is 13.7. The summed E-state index contributed by atoms with van der Waals surface area (Å²) >= 11 is 0. The second kappa shape index (κ2) is 21.6. The molecule has 3 aromatic rings. The minimum atomic E-state index is -1.09. The van der Waals surface area contributed by atoms with Crippen molar-refractivity contribution in [1.29, 1.82) is 0 Å². The lowest BCUT2D eigenvalue weighted by Gasteiger charge is -2.19. The van der Waals surface area contributed by atoms with Gasteiger partial charge < -0.3 is 29.7 Å². The lowest BCUT2D eigenvalue weighted by molar-refractivity contribution is -0.144. The van der Waals surface area contributed by atoms with Gasteiger partial charge in [0.15, 0.2) is 0 Å². The predicted octanol–water partition coefficient (Wildman–Crippen LogP) is 12.4. The predicted molar refractivity (Wildman–Crippen MR) is 264 cm³/mol. The number of rotatable bonds is 19. The molecule has 3 aromatic heterocycles. The molecular weight excluding hydrogens is 813 g/mol. The molecule has 0 fully saturated rings. The Balaban J connectivity index is 1.23. The van der Waals surface area contributed by atoms with E-state index in [4.69, 9.17) is 19.4 Å². The van der Waals surface area contributed by atoms with Crippen LogP contribution >= 0.6 is 0 Å². The van der Waals surface area contributed by atoms with E-state index < -0.39 is 11.9 Å². The highest BCUT2D eigenvalue weighted by Crippen LogP contribution is 2.46. The number of aryl methyl sites for hydroxylation is 2. The fraction of sp³-hybridized carbons (Fsp3) is 0.600. The number of aromatic nitrogens is 4. The molecule has 4 N–H and O–H groups in total. The Hall–Kier alpha value is -4.86. The number of H-pyrrole nitrogens is 2. The Labute approximate surface area is 387 Å². The minimum absolute atomic E-state index is 0.0127. The molecular formula is C55H78N4O6. The van der Waals surface area contributed by atoms with Gasteiger partial charge in [-0.25, -0.2) is 0 Å². The average Bonchev–Trinajstić information content (AvgIpc) is 4.00. The SMILES string of the molecule is C/C=C1/c2cc3[nH]c4c(c5nc(cc6[nH]c(cc(n2)[C@@H]1C)/c(=C(/C)O)c6C)[C@@H](C)[C@@H]5CCC(=O)OCCC(C)CCC[C@H](C)CCC[C@H](C)CCCC(C)C)[C@@H](C(=O)OC)C(O)=c4c3C. The number of nitrogens with zero attached hydrogens (tertiary/aromatic N) is 2. The van der Waals surface area contributed by atoms with Crippen LogP contribution < -0.4 is 10.4 Å². The monoisotopic (exact) mass is 891 g/mol. The topological polar surface area (TPSA) is 150 Å². The van der Waals surface area contributed by atoms with Crippen LogP contribution in [-0.2, 0) is 19.1 Å². The van der Waals surface area contributed by atoms with Crippen LogP contribution in [0.1, 0.15) is 203 Å². The number of nitrogens with one attached hydrogen (secondary N) is 2. The largest absolute Gasteiger partial charge is 0.512 e. The van der Waals surface area contributed by atoms with Crippen molar-refractivity contribution in [2.75, 3.05) is 13.7 Å². The van der Waals surface area contributed by atoms with Crippen molar-refractivity contribution >= 4 is 51.1 Å². The molecule has 5 heterocycles. The number of carbonyl (C=O) groups is 2. The highest BCUT2D eigenvalue weighted by atomic mass is 16.5. The van der Waals surface area contributed by atoms with E-state index in [0.717, 1.165) is 80.9 Å². The summed E-state index contributed by atoms with van der Waals surface area (Å²) in [5, 5.41) is 24.2. The van der Waals surface area contributed by atoms with Crippen LogP contribution in [0.3, 0.4) is 0 Å². The van der Waals surface area contributed by atoms with Gasteiger partial charge in [-0.05, 0) is 99.1 Å². The van der Waals surface area contributed by atoms with Crippen LogP contribution in [0, 0.1) is 37.5 Å². The highest BCUT2D eigenvalue weighted by molar-refractivity contribution is 5.96. The van der Waals surface area contributed by atoms with Crippen LogP contribution in [-0.4, -0.2) is 55.8 Å². The number of hydrogen-bond acceptors (Lipinski definition) is 8. The van der Waals surface area contributed by atoms with Gasteiger partial charge in [-0.2, -0.15) is 0 Å². The smallest absolute Gasteiger partial charge is 0.321 e. The van der Waals surface area contributed by atoms with E-state index in [1.165, 1.54) is 58.5 Å². The first-order valence-electron chi connectivity index (χ1n) is 24.7. The molecule has 0 spiro atoms. The van der Waals surface area contributed by atoms with Gasteiger partial charge in [0.1, 0.15) is 11.7 Å². The summed E-state index contributed by atoms with van der Waals surface area (Å²) in [7, 11) is 1.33.